The Hall–Kier alpha value is -1.87. The Kier molecular flexibility index (Phi) is 4.39. The average Bonchev–Trinajstić information content (AvgIpc) is 3.26. The lowest BCUT2D eigenvalue weighted by atomic mass is 10.1. The molecule has 1 amide bonds. The minimum atomic E-state index is -3.66. The van der Waals surface area contributed by atoms with Crippen molar-refractivity contribution < 1.29 is 27.5 Å². The van der Waals surface area contributed by atoms with Gasteiger partial charge in [0.2, 0.25) is 10.0 Å². The van der Waals surface area contributed by atoms with Crippen molar-refractivity contribution in [1.29, 1.82) is 0 Å². The first-order valence-electron chi connectivity index (χ1n) is 7.93. The van der Waals surface area contributed by atoms with E-state index in [1.54, 1.807) is 0 Å². The van der Waals surface area contributed by atoms with Crippen LogP contribution < -0.4 is 0 Å². The van der Waals surface area contributed by atoms with Gasteiger partial charge in [0, 0.05) is 32.2 Å². The molecule has 2 fully saturated rings. The van der Waals surface area contributed by atoms with Crippen LogP contribution in [0.15, 0.2) is 15.4 Å². The number of hydrogen-bond donors (Lipinski definition) is 1. The van der Waals surface area contributed by atoms with Gasteiger partial charge in [-0.2, -0.15) is 4.31 Å². The van der Waals surface area contributed by atoms with E-state index < -0.39 is 27.8 Å². The molecular formula is C15H20N2O6S. The van der Waals surface area contributed by atoms with Gasteiger partial charge in [-0.25, -0.2) is 8.42 Å². The summed E-state index contributed by atoms with van der Waals surface area (Å²) >= 11 is 0. The SMILES string of the molecule is Cc1oc(C(=O)N2CCC(C(=O)O)C2)cc1S(=O)(=O)N1CCCC1. The molecule has 132 valence electrons. The highest BCUT2D eigenvalue weighted by Gasteiger charge is 2.35. The van der Waals surface area contributed by atoms with Crippen LogP contribution in [0.2, 0.25) is 0 Å². The highest BCUT2D eigenvalue weighted by atomic mass is 32.2. The van der Waals surface area contributed by atoms with Gasteiger partial charge in [0.25, 0.3) is 5.91 Å². The molecule has 2 aliphatic heterocycles. The van der Waals surface area contributed by atoms with E-state index in [4.69, 9.17) is 9.52 Å². The third kappa shape index (κ3) is 2.93. The minimum absolute atomic E-state index is 0.0155. The summed E-state index contributed by atoms with van der Waals surface area (Å²) < 4.78 is 32.0. The molecule has 2 saturated heterocycles. The van der Waals surface area contributed by atoms with Crippen LogP contribution in [0.25, 0.3) is 0 Å². The molecule has 1 atom stereocenters. The highest BCUT2D eigenvalue weighted by Crippen LogP contribution is 2.28. The molecule has 1 aromatic heterocycles. The molecule has 3 heterocycles. The number of carboxylic acid groups (broad SMARTS) is 1. The number of carboxylic acids is 1. The summed E-state index contributed by atoms with van der Waals surface area (Å²) in [5.41, 5.74) is 0. The van der Waals surface area contributed by atoms with Crippen molar-refractivity contribution in [2.24, 2.45) is 5.92 Å². The van der Waals surface area contributed by atoms with Gasteiger partial charge in [-0.05, 0) is 26.2 Å². The lowest BCUT2D eigenvalue weighted by molar-refractivity contribution is -0.141. The Balaban J connectivity index is 1.81. The number of nitrogens with zero attached hydrogens (tertiary/aromatic N) is 2. The topological polar surface area (TPSA) is 108 Å². The first-order chi connectivity index (χ1) is 11.3. The third-order valence-electron chi connectivity index (χ3n) is 4.59. The average molecular weight is 356 g/mol. The summed E-state index contributed by atoms with van der Waals surface area (Å²) in [5, 5.41) is 9.01. The molecule has 0 radical (unpaired) electrons. The molecule has 2 aliphatic rings. The molecule has 3 rings (SSSR count). The van der Waals surface area contributed by atoms with Crippen LogP contribution in [0, 0.1) is 12.8 Å². The highest BCUT2D eigenvalue weighted by molar-refractivity contribution is 7.89. The van der Waals surface area contributed by atoms with Crippen molar-refractivity contribution in [3.8, 4) is 0 Å². The number of rotatable bonds is 4. The fourth-order valence-electron chi connectivity index (χ4n) is 3.20. The fraction of sp³-hybridized carbons (Fsp3) is 0.600. The Morgan fingerprint density at radius 1 is 1.25 bits per heavy atom. The number of aryl methyl sites for hydroxylation is 1. The summed E-state index contributed by atoms with van der Waals surface area (Å²) in [6, 6.07) is 1.26. The van der Waals surface area contributed by atoms with Gasteiger partial charge in [-0.1, -0.05) is 0 Å². The second kappa shape index (κ2) is 6.21. The zero-order valence-corrected chi connectivity index (χ0v) is 14.2. The van der Waals surface area contributed by atoms with Crippen LogP contribution >= 0.6 is 0 Å². The summed E-state index contributed by atoms with van der Waals surface area (Å²) in [4.78, 5) is 24.9. The van der Waals surface area contributed by atoms with E-state index in [2.05, 4.69) is 0 Å². The van der Waals surface area contributed by atoms with Crippen LogP contribution in [-0.4, -0.2) is 60.8 Å². The van der Waals surface area contributed by atoms with Crippen LogP contribution in [0.4, 0.5) is 0 Å². The Labute approximate surface area is 140 Å². The van der Waals surface area contributed by atoms with E-state index in [9.17, 15) is 18.0 Å². The molecule has 9 heteroatoms. The van der Waals surface area contributed by atoms with Crippen LogP contribution in [-0.2, 0) is 14.8 Å². The van der Waals surface area contributed by atoms with Crippen LogP contribution in [0.1, 0.15) is 35.6 Å². The smallest absolute Gasteiger partial charge is 0.308 e. The first-order valence-corrected chi connectivity index (χ1v) is 9.37. The maximum Gasteiger partial charge on any atom is 0.308 e. The van der Waals surface area contributed by atoms with Gasteiger partial charge in [0.15, 0.2) is 5.76 Å². The van der Waals surface area contributed by atoms with Gasteiger partial charge >= 0.3 is 5.97 Å². The number of amides is 1. The van der Waals surface area contributed by atoms with E-state index in [0.29, 0.717) is 26.1 Å². The van der Waals surface area contributed by atoms with Crippen molar-refractivity contribution in [3.63, 3.8) is 0 Å². The molecule has 0 saturated carbocycles. The lowest BCUT2D eigenvalue weighted by Gasteiger charge is -2.14. The number of aliphatic carboxylic acids is 1. The first kappa shape index (κ1) is 17.0. The number of carbonyl (C=O) groups excluding carboxylic acids is 1. The molecular weight excluding hydrogens is 336 g/mol. The maximum atomic E-state index is 12.6. The van der Waals surface area contributed by atoms with Gasteiger partial charge in [0.05, 0.1) is 5.92 Å². The van der Waals surface area contributed by atoms with Crippen LogP contribution in [0.5, 0.6) is 0 Å². The minimum Gasteiger partial charge on any atom is -0.481 e. The molecule has 0 aromatic carbocycles. The van der Waals surface area contributed by atoms with Gasteiger partial charge in [0.1, 0.15) is 10.7 Å². The predicted octanol–water partition coefficient (Wildman–Crippen LogP) is 0.919. The molecule has 8 nitrogen and oxygen atoms in total. The van der Waals surface area contributed by atoms with E-state index >= 15 is 0 Å². The molecule has 0 bridgehead atoms. The van der Waals surface area contributed by atoms with Crippen molar-refractivity contribution >= 4 is 21.9 Å². The molecule has 0 spiro atoms. The Bertz CT molecular complexity index is 763. The summed E-state index contributed by atoms with van der Waals surface area (Å²) in [7, 11) is -3.66. The van der Waals surface area contributed by atoms with E-state index in [-0.39, 0.29) is 23.0 Å². The molecule has 1 N–H and O–H groups in total. The van der Waals surface area contributed by atoms with Crippen molar-refractivity contribution in [2.45, 2.75) is 31.1 Å². The number of carbonyl (C=O) groups is 2. The monoisotopic (exact) mass is 356 g/mol. The number of hydrogen-bond acceptors (Lipinski definition) is 5. The fourth-order valence-corrected chi connectivity index (χ4v) is 4.87. The van der Waals surface area contributed by atoms with E-state index in [0.717, 1.165) is 12.8 Å². The Morgan fingerprint density at radius 2 is 1.92 bits per heavy atom. The predicted molar refractivity (Wildman–Crippen MR) is 83.1 cm³/mol. The van der Waals surface area contributed by atoms with Crippen LogP contribution in [0.3, 0.4) is 0 Å². The van der Waals surface area contributed by atoms with Crippen molar-refractivity contribution in [3.05, 3.63) is 17.6 Å². The van der Waals surface area contributed by atoms with Gasteiger partial charge < -0.3 is 14.4 Å². The summed E-state index contributed by atoms with van der Waals surface area (Å²) in [6.45, 7) is 2.90. The van der Waals surface area contributed by atoms with E-state index in [1.807, 2.05) is 0 Å². The summed E-state index contributed by atoms with van der Waals surface area (Å²) in [5.74, 6) is -1.86. The van der Waals surface area contributed by atoms with Crippen molar-refractivity contribution in [1.82, 2.24) is 9.21 Å². The van der Waals surface area contributed by atoms with E-state index in [1.165, 1.54) is 22.2 Å². The van der Waals surface area contributed by atoms with Gasteiger partial charge in [-0.15, -0.1) is 0 Å². The quantitative estimate of drug-likeness (QED) is 0.859. The zero-order valence-electron chi connectivity index (χ0n) is 13.4. The van der Waals surface area contributed by atoms with Gasteiger partial charge in [-0.3, -0.25) is 9.59 Å². The molecule has 1 unspecified atom stereocenters. The number of furan rings is 1. The summed E-state index contributed by atoms with van der Waals surface area (Å²) in [6.07, 6.45) is 2.04. The van der Waals surface area contributed by atoms with Crippen molar-refractivity contribution in [2.75, 3.05) is 26.2 Å². The maximum absolute atomic E-state index is 12.6. The normalized spacial score (nSPS) is 22.2. The third-order valence-corrected chi connectivity index (χ3v) is 6.60. The standard InChI is InChI=1S/C15H20N2O6S/c1-10-13(24(21,22)17-5-2-3-6-17)8-12(23-10)14(18)16-7-4-11(9-16)15(19)20/h8,11H,2-7,9H2,1H3,(H,19,20). The lowest BCUT2D eigenvalue weighted by Crippen LogP contribution is -2.30. The second-order valence-electron chi connectivity index (χ2n) is 6.22. The molecule has 0 aliphatic carbocycles. The number of likely N-dealkylation sites (tertiary alicyclic amines) is 1. The molecule has 24 heavy (non-hydrogen) atoms. The second-order valence-corrected chi connectivity index (χ2v) is 8.12. The Morgan fingerprint density at radius 3 is 2.50 bits per heavy atom. The molecule has 1 aromatic rings. The number of sulfonamides is 1. The zero-order chi connectivity index (χ0) is 17.5. The largest absolute Gasteiger partial charge is 0.481 e.